The number of fused-ring (bicyclic) bond motifs is 3. The number of ether oxygens (including phenoxy) is 1. The number of aliphatic carboxylic acids is 1. The van der Waals surface area contributed by atoms with Gasteiger partial charge in [0.2, 0.25) is 5.91 Å². The topological polar surface area (TPSA) is 95.9 Å². The molecule has 2 N–H and O–H groups in total. The van der Waals surface area contributed by atoms with Crippen LogP contribution >= 0.6 is 0 Å². The number of nitrogens with one attached hydrogen (secondary N) is 1. The molecule has 0 radical (unpaired) electrons. The summed E-state index contributed by atoms with van der Waals surface area (Å²) < 4.78 is 5.69. The van der Waals surface area contributed by atoms with Crippen LogP contribution in [0.5, 0.6) is 0 Å². The standard InChI is InChI=1S/C27H32N2O5/c1-16(2)23(27(3,4)25(32)29-13-17(14-29)24(30)31)28-26(33)34-15-22-20-11-7-5-9-18(20)19-10-6-8-12-21(19)22/h5-12,16-17,22-23H,13-15H2,1-4H3,(H,28,33)(H,30,31). The number of benzene rings is 2. The number of likely N-dealkylation sites (tertiary alicyclic amines) is 1. The average Bonchev–Trinajstić information content (AvgIpc) is 3.08. The van der Waals surface area contributed by atoms with E-state index in [4.69, 9.17) is 9.84 Å². The Morgan fingerprint density at radius 3 is 2.06 bits per heavy atom. The fourth-order valence-electron chi connectivity index (χ4n) is 5.29. The van der Waals surface area contributed by atoms with Crippen molar-refractivity contribution in [3.05, 3.63) is 59.7 Å². The van der Waals surface area contributed by atoms with Gasteiger partial charge in [0.25, 0.3) is 0 Å². The molecule has 1 fully saturated rings. The lowest BCUT2D eigenvalue weighted by molar-refractivity contribution is -0.158. The molecule has 0 bridgehead atoms. The highest BCUT2D eigenvalue weighted by molar-refractivity contribution is 5.86. The van der Waals surface area contributed by atoms with Crippen molar-refractivity contribution >= 4 is 18.0 Å². The number of carbonyl (C=O) groups is 3. The minimum atomic E-state index is -0.913. The van der Waals surface area contributed by atoms with Gasteiger partial charge in [0.15, 0.2) is 0 Å². The first kappa shape index (κ1) is 23.8. The summed E-state index contributed by atoms with van der Waals surface area (Å²) in [6, 6.07) is 15.8. The van der Waals surface area contributed by atoms with Gasteiger partial charge in [-0.2, -0.15) is 0 Å². The fourth-order valence-corrected chi connectivity index (χ4v) is 5.29. The summed E-state index contributed by atoms with van der Waals surface area (Å²) in [5.41, 5.74) is 3.68. The Hall–Kier alpha value is -3.35. The number of hydrogen-bond donors (Lipinski definition) is 2. The highest BCUT2D eigenvalue weighted by Crippen LogP contribution is 2.44. The van der Waals surface area contributed by atoms with Crippen molar-refractivity contribution in [3.63, 3.8) is 0 Å². The van der Waals surface area contributed by atoms with E-state index in [9.17, 15) is 14.4 Å². The first-order chi connectivity index (χ1) is 16.1. The zero-order valence-electron chi connectivity index (χ0n) is 20.1. The lowest BCUT2D eigenvalue weighted by atomic mass is 9.76. The first-order valence-corrected chi connectivity index (χ1v) is 11.7. The molecular formula is C27H32N2O5. The third kappa shape index (κ3) is 4.27. The molecule has 0 saturated carbocycles. The van der Waals surface area contributed by atoms with Gasteiger partial charge in [0.05, 0.1) is 11.3 Å². The summed E-state index contributed by atoms with van der Waals surface area (Å²) in [5.74, 6) is -1.65. The van der Waals surface area contributed by atoms with Crippen LogP contribution in [-0.2, 0) is 14.3 Å². The first-order valence-electron chi connectivity index (χ1n) is 11.7. The van der Waals surface area contributed by atoms with Crippen LogP contribution in [0.25, 0.3) is 11.1 Å². The van der Waals surface area contributed by atoms with Gasteiger partial charge in [0.1, 0.15) is 6.61 Å². The number of carbonyl (C=O) groups excluding carboxylic acids is 2. The molecule has 1 aliphatic heterocycles. The Labute approximate surface area is 200 Å². The average molecular weight is 465 g/mol. The van der Waals surface area contributed by atoms with E-state index in [-0.39, 0.29) is 37.4 Å². The van der Waals surface area contributed by atoms with Crippen LogP contribution in [0.3, 0.4) is 0 Å². The largest absolute Gasteiger partial charge is 0.481 e. The number of carboxylic acid groups (broad SMARTS) is 1. The Bertz CT molecular complexity index is 1060. The second-order valence-corrected chi connectivity index (χ2v) is 10.2. The molecule has 0 aromatic heterocycles. The van der Waals surface area contributed by atoms with Gasteiger partial charge >= 0.3 is 12.1 Å². The molecule has 1 unspecified atom stereocenters. The van der Waals surface area contributed by atoms with E-state index in [0.717, 1.165) is 22.3 Å². The third-order valence-corrected chi connectivity index (χ3v) is 7.13. The molecular weight excluding hydrogens is 432 g/mol. The smallest absolute Gasteiger partial charge is 0.407 e. The monoisotopic (exact) mass is 464 g/mol. The maximum Gasteiger partial charge on any atom is 0.407 e. The molecule has 180 valence electrons. The van der Waals surface area contributed by atoms with Crippen molar-refractivity contribution in [2.75, 3.05) is 19.7 Å². The molecule has 2 amide bonds. The van der Waals surface area contributed by atoms with Crippen LogP contribution in [0.2, 0.25) is 0 Å². The molecule has 34 heavy (non-hydrogen) atoms. The molecule has 7 nitrogen and oxygen atoms in total. The molecule has 1 heterocycles. The molecule has 1 aliphatic carbocycles. The van der Waals surface area contributed by atoms with Crippen molar-refractivity contribution in [3.8, 4) is 11.1 Å². The van der Waals surface area contributed by atoms with Crippen LogP contribution < -0.4 is 5.32 Å². The van der Waals surface area contributed by atoms with E-state index in [1.807, 2.05) is 38.1 Å². The summed E-state index contributed by atoms with van der Waals surface area (Å²) in [6.45, 7) is 8.07. The van der Waals surface area contributed by atoms with E-state index in [0.29, 0.717) is 0 Å². The van der Waals surface area contributed by atoms with E-state index in [1.54, 1.807) is 18.7 Å². The van der Waals surface area contributed by atoms with Crippen molar-refractivity contribution in [2.24, 2.45) is 17.3 Å². The molecule has 1 saturated heterocycles. The summed E-state index contributed by atoms with van der Waals surface area (Å²) in [7, 11) is 0. The quantitative estimate of drug-likeness (QED) is 0.643. The van der Waals surface area contributed by atoms with Gasteiger partial charge in [-0.05, 0) is 42.0 Å². The Kier molecular flexibility index (Phi) is 6.39. The fraction of sp³-hybridized carbons (Fsp3) is 0.444. The van der Waals surface area contributed by atoms with Gasteiger partial charge < -0.3 is 20.1 Å². The van der Waals surface area contributed by atoms with Crippen molar-refractivity contribution < 1.29 is 24.2 Å². The summed E-state index contributed by atoms with van der Waals surface area (Å²) in [6.07, 6.45) is -0.562. The van der Waals surface area contributed by atoms with Crippen LogP contribution in [0.15, 0.2) is 48.5 Å². The maximum atomic E-state index is 13.1. The number of alkyl carbamates (subject to hydrolysis) is 1. The summed E-state index contributed by atoms with van der Waals surface area (Å²) in [5, 5.41) is 12.0. The SMILES string of the molecule is CC(C)C(NC(=O)OCC1c2ccccc2-c2ccccc21)C(C)(C)C(=O)N1CC(C(=O)O)C1. The number of carboxylic acids is 1. The van der Waals surface area contributed by atoms with Gasteiger partial charge in [0, 0.05) is 25.0 Å². The summed E-state index contributed by atoms with van der Waals surface area (Å²) in [4.78, 5) is 38.7. The predicted octanol–water partition coefficient (Wildman–Crippen LogP) is 4.12. The van der Waals surface area contributed by atoms with Crippen molar-refractivity contribution in [2.45, 2.75) is 39.7 Å². The molecule has 2 aliphatic rings. The second kappa shape index (κ2) is 9.12. The molecule has 2 aromatic rings. The number of hydrogen-bond acceptors (Lipinski definition) is 4. The van der Waals surface area contributed by atoms with Gasteiger partial charge in [-0.25, -0.2) is 4.79 Å². The highest BCUT2D eigenvalue weighted by atomic mass is 16.5. The van der Waals surface area contributed by atoms with Gasteiger partial charge in [-0.3, -0.25) is 9.59 Å². The van der Waals surface area contributed by atoms with E-state index < -0.39 is 29.4 Å². The highest BCUT2D eigenvalue weighted by Gasteiger charge is 2.46. The van der Waals surface area contributed by atoms with E-state index in [2.05, 4.69) is 29.6 Å². The minimum Gasteiger partial charge on any atom is -0.481 e. The van der Waals surface area contributed by atoms with Crippen LogP contribution in [0, 0.1) is 17.3 Å². The third-order valence-electron chi connectivity index (χ3n) is 7.13. The Morgan fingerprint density at radius 1 is 1.03 bits per heavy atom. The van der Waals surface area contributed by atoms with Crippen molar-refractivity contribution in [1.29, 1.82) is 0 Å². The van der Waals surface area contributed by atoms with Gasteiger partial charge in [-0.15, -0.1) is 0 Å². The lowest BCUT2D eigenvalue weighted by Gasteiger charge is -2.44. The molecule has 1 atom stereocenters. The lowest BCUT2D eigenvalue weighted by Crippen LogP contribution is -2.61. The van der Waals surface area contributed by atoms with Crippen molar-refractivity contribution in [1.82, 2.24) is 10.2 Å². The summed E-state index contributed by atoms with van der Waals surface area (Å²) >= 11 is 0. The minimum absolute atomic E-state index is 0.0315. The molecule has 0 spiro atoms. The number of amides is 2. The predicted molar refractivity (Wildman–Crippen MR) is 128 cm³/mol. The number of rotatable bonds is 7. The van der Waals surface area contributed by atoms with E-state index >= 15 is 0 Å². The maximum absolute atomic E-state index is 13.1. The normalized spacial score (nSPS) is 16.4. The second-order valence-electron chi connectivity index (χ2n) is 10.2. The van der Waals surface area contributed by atoms with Gasteiger partial charge in [-0.1, -0.05) is 62.4 Å². The molecule has 7 heteroatoms. The number of nitrogens with zero attached hydrogens (tertiary/aromatic N) is 1. The van der Waals surface area contributed by atoms with E-state index in [1.165, 1.54) is 0 Å². The van der Waals surface area contributed by atoms with Crippen LogP contribution in [0.4, 0.5) is 4.79 Å². The molecule has 4 rings (SSSR count). The zero-order valence-corrected chi connectivity index (χ0v) is 20.1. The Balaban J connectivity index is 1.42. The Morgan fingerprint density at radius 2 is 1.56 bits per heavy atom. The molecule has 2 aromatic carbocycles. The zero-order chi connectivity index (χ0) is 24.6. The van der Waals surface area contributed by atoms with Crippen LogP contribution in [-0.4, -0.2) is 53.7 Å². The van der Waals surface area contributed by atoms with Crippen LogP contribution in [0.1, 0.15) is 44.7 Å².